The van der Waals surface area contributed by atoms with Crippen molar-refractivity contribution in [2.45, 2.75) is 6.18 Å². The zero-order valence-corrected chi connectivity index (χ0v) is 12.9. The molecular weight excluding hydrogens is 348 g/mol. The Morgan fingerprint density at radius 2 is 2.04 bits per heavy atom. The molecule has 10 heteroatoms. The van der Waals surface area contributed by atoms with Crippen LogP contribution in [0.2, 0.25) is 0 Å². The quantitative estimate of drug-likeness (QED) is 0.620. The molecular formula is C15H16F4N2O4. The summed E-state index contributed by atoms with van der Waals surface area (Å²) in [6.45, 7) is -1.28. The molecule has 0 unspecified atom stereocenters. The number of ether oxygens (including phenoxy) is 1. The molecule has 0 bridgehead atoms. The Balaban J connectivity index is 1.82. The van der Waals surface area contributed by atoms with Crippen LogP contribution in [0.15, 0.2) is 24.3 Å². The molecule has 1 saturated heterocycles. The summed E-state index contributed by atoms with van der Waals surface area (Å²) in [5, 5.41) is 11.2. The van der Waals surface area contributed by atoms with Crippen LogP contribution in [0.1, 0.15) is 0 Å². The SMILES string of the molecule is O=C(O)[C@@H]1CN(C(=O)NCCOc2cccc(F)c2)C[C@H]1C(F)(F)F. The number of likely N-dealkylation sites (tertiary alicyclic amines) is 1. The zero-order valence-electron chi connectivity index (χ0n) is 12.9. The van der Waals surface area contributed by atoms with Gasteiger partial charge in [0.2, 0.25) is 0 Å². The van der Waals surface area contributed by atoms with Crippen molar-refractivity contribution in [1.29, 1.82) is 0 Å². The highest BCUT2D eigenvalue weighted by Crippen LogP contribution is 2.37. The predicted molar refractivity (Wildman–Crippen MR) is 77.5 cm³/mol. The Morgan fingerprint density at radius 1 is 1.32 bits per heavy atom. The number of nitrogens with zero attached hydrogens (tertiary/aromatic N) is 1. The van der Waals surface area contributed by atoms with Gasteiger partial charge in [0.15, 0.2) is 0 Å². The van der Waals surface area contributed by atoms with Crippen molar-refractivity contribution in [3.8, 4) is 5.75 Å². The summed E-state index contributed by atoms with van der Waals surface area (Å²) in [5.41, 5.74) is 0. The minimum Gasteiger partial charge on any atom is -0.492 e. The highest BCUT2D eigenvalue weighted by Gasteiger charge is 2.53. The van der Waals surface area contributed by atoms with Crippen LogP contribution in [0, 0.1) is 17.7 Å². The first-order valence-electron chi connectivity index (χ1n) is 7.39. The van der Waals surface area contributed by atoms with Crippen LogP contribution in [0.5, 0.6) is 5.75 Å². The minimum atomic E-state index is -4.70. The van der Waals surface area contributed by atoms with E-state index in [-0.39, 0.29) is 18.9 Å². The number of benzene rings is 1. The molecule has 138 valence electrons. The van der Waals surface area contributed by atoms with Gasteiger partial charge in [-0.3, -0.25) is 4.79 Å². The molecule has 1 aliphatic rings. The molecule has 25 heavy (non-hydrogen) atoms. The molecule has 2 atom stereocenters. The molecule has 1 heterocycles. The number of hydrogen-bond acceptors (Lipinski definition) is 3. The van der Waals surface area contributed by atoms with E-state index in [4.69, 9.17) is 9.84 Å². The average molecular weight is 364 g/mol. The fourth-order valence-corrected chi connectivity index (χ4v) is 2.55. The largest absolute Gasteiger partial charge is 0.492 e. The van der Waals surface area contributed by atoms with Crippen molar-refractivity contribution in [3.63, 3.8) is 0 Å². The van der Waals surface area contributed by atoms with E-state index in [0.717, 1.165) is 11.0 Å². The number of rotatable bonds is 5. The Morgan fingerprint density at radius 3 is 2.60 bits per heavy atom. The molecule has 1 aromatic rings. The van der Waals surface area contributed by atoms with E-state index in [1.165, 1.54) is 18.2 Å². The third-order valence-corrected chi connectivity index (χ3v) is 3.79. The van der Waals surface area contributed by atoms with Gasteiger partial charge in [-0.1, -0.05) is 6.07 Å². The first-order chi connectivity index (χ1) is 11.7. The topological polar surface area (TPSA) is 78.9 Å². The minimum absolute atomic E-state index is 0.0198. The normalized spacial score (nSPS) is 20.4. The van der Waals surface area contributed by atoms with E-state index in [2.05, 4.69) is 5.32 Å². The number of carboxylic acids is 1. The van der Waals surface area contributed by atoms with Gasteiger partial charge in [-0.05, 0) is 12.1 Å². The number of aliphatic carboxylic acids is 1. The van der Waals surface area contributed by atoms with Gasteiger partial charge >= 0.3 is 18.2 Å². The summed E-state index contributed by atoms with van der Waals surface area (Å²) in [5.74, 6) is -5.62. The van der Waals surface area contributed by atoms with Crippen LogP contribution in [-0.4, -0.2) is 54.4 Å². The smallest absolute Gasteiger partial charge is 0.394 e. The highest BCUT2D eigenvalue weighted by atomic mass is 19.4. The predicted octanol–water partition coefficient (Wildman–Crippen LogP) is 2.11. The summed E-state index contributed by atoms with van der Waals surface area (Å²) >= 11 is 0. The van der Waals surface area contributed by atoms with E-state index >= 15 is 0 Å². The molecule has 0 spiro atoms. The van der Waals surface area contributed by atoms with E-state index in [9.17, 15) is 27.2 Å². The Labute approximate surface area is 140 Å². The lowest BCUT2D eigenvalue weighted by Gasteiger charge is -2.18. The number of carbonyl (C=O) groups is 2. The Hall–Kier alpha value is -2.52. The van der Waals surface area contributed by atoms with Crippen molar-refractivity contribution in [1.82, 2.24) is 10.2 Å². The monoisotopic (exact) mass is 364 g/mol. The van der Waals surface area contributed by atoms with E-state index in [1.54, 1.807) is 0 Å². The summed E-state index contributed by atoms with van der Waals surface area (Å²) in [4.78, 5) is 23.7. The third-order valence-electron chi connectivity index (χ3n) is 3.79. The lowest BCUT2D eigenvalue weighted by molar-refractivity contribution is -0.187. The number of nitrogens with one attached hydrogen (secondary N) is 1. The molecule has 2 amide bonds. The molecule has 1 aliphatic heterocycles. The van der Waals surface area contributed by atoms with Crippen LogP contribution < -0.4 is 10.1 Å². The van der Waals surface area contributed by atoms with Crippen molar-refractivity contribution in [2.24, 2.45) is 11.8 Å². The number of carbonyl (C=O) groups excluding carboxylic acids is 1. The maximum absolute atomic E-state index is 12.9. The molecule has 6 nitrogen and oxygen atoms in total. The molecule has 1 aromatic carbocycles. The van der Waals surface area contributed by atoms with Gasteiger partial charge in [-0.15, -0.1) is 0 Å². The van der Waals surface area contributed by atoms with E-state index in [0.29, 0.717) is 0 Å². The van der Waals surface area contributed by atoms with Gasteiger partial charge in [-0.2, -0.15) is 13.2 Å². The standard InChI is InChI=1S/C15H16F4N2O4/c16-9-2-1-3-10(6-9)25-5-4-20-14(24)21-7-11(13(22)23)12(8-21)15(17,18)19/h1-3,6,11-12H,4-5,7-8H2,(H,20,24)(H,22,23)/t11-,12-/m1/s1. The number of urea groups is 1. The van der Waals surface area contributed by atoms with Crippen molar-refractivity contribution >= 4 is 12.0 Å². The Kier molecular flexibility index (Phi) is 5.70. The first kappa shape index (κ1) is 18.8. The maximum atomic E-state index is 12.9. The second-order valence-corrected chi connectivity index (χ2v) is 5.54. The third kappa shape index (κ3) is 4.97. The summed E-state index contributed by atoms with van der Waals surface area (Å²) in [6.07, 6.45) is -4.70. The van der Waals surface area contributed by atoms with Gasteiger partial charge in [0.1, 0.15) is 18.2 Å². The van der Waals surface area contributed by atoms with Crippen molar-refractivity contribution in [3.05, 3.63) is 30.1 Å². The van der Waals surface area contributed by atoms with Crippen molar-refractivity contribution < 1.29 is 37.0 Å². The lowest BCUT2D eigenvalue weighted by atomic mass is 9.96. The number of alkyl halides is 3. The van der Waals surface area contributed by atoms with Crippen LogP contribution in [-0.2, 0) is 4.79 Å². The van der Waals surface area contributed by atoms with Gasteiger partial charge in [-0.25, -0.2) is 9.18 Å². The van der Waals surface area contributed by atoms with Gasteiger partial charge < -0.3 is 20.1 Å². The molecule has 0 aromatic heterocycles. The van der Waals surface area contributed by atoms with E-state index < -0.39 is 48.9 Å². The zero-order chi connectivity index (χ0) is 18.6. The van der Waals surface area contributed by atoms with E-state index in [1.807, 2.05) is 0 Å². The molecule has 0 saturated carbocycles. The summed E-state index contributed by atoms with van der Waals surface area (Å²) in [6, 6.07) is 4.53. The van der Waals surface area contributed by atoms with Gasteiger partial charge in [0, 0.05) is 19.2 Å². The molecule has 2 rings (SSSR count). The maximum Gasteiger partial charge on any atom is 0.394 e. The van der Waals surface area contributed by atoms with Crippen LogP contribution in [0.3, 0.4) is 0 Å². The number of amides is 2. The van der Waals surface area contributed by atoms with Crippen LogP contribution >= 0.6 is 0 Å². The number of carboxylic acid groups (broad SMARTS) is 1. The molecule has 0 aliphatic carbocycles. The highest BCUT2D eigenvalue weighted by molar-refractivity contribution is 5.77. The fraction of sp³-hybridized carbons (Fsp3) is 0.467. The molecule has 1 fully saturated rings. The number of halogens is 4. The summed E-state index contributed by atoms with van der Waals surface area (Å²) < 4.78 is 56.7. The van der Waals surface area contributed by atoms with Crippen LogP contribution in [0.4, 0.5) is 22.4 Å². The lowest BCUT2D eigenvalue weighted by Crippen LogP contribution is -2.41. The van der Waals surface area contributed by atoms with Crippen molar-refractivity contribution in [2.75, 3.05) is 26.2 Å². The molecule has 2 N–H and O–H groups in total. The first-order valence-corrected chi connectivity index (χ1v) is 7.39. The van der Waals surface area contributed by atoms with Crippen LogP contribution in [0.25, 0.3) is 0 Å². The summed E-state index contributed by atoms with van der Waals surface area (Å²) in [7, 11) is 0. The number of hydrogen-bond donors (Lipinski definition) is 2. The molecule has 0 radical (unpaired) electrons. The van der Waals surface area contributed by atoms with Gasteiger partial charge in [0.05, 0.1) is 18.4 Å². The fourth-order valence-electron chi connectivity index (χ4n) is 2.55. The Bertz CT molecular complexity index is 638. The average Bonchev–Trinajstić information content (AvgIpc) is 2.97. The second-order valence-electron chi connectivity index (χ2n) is 5.54. The second kappa shape index (κ2) is 7.58. The van der Waals surface area contributed by atoms with Gasteiger partial charge in [0.25, 0.3) is 0 Å².